The van der Waals surface area contributed by atoms with E-state index in [-0.39, 0.29) is 5.82 Å². The highest BCUT2D eigenvalue weighted by atomic mass is 32.1. The molecule has 2 rings (SSSR count). The number of nitrogen functional groups attached to an aromatic ring is 1. The average molecular weight is 206 g/mol. The number of rotatable bonds is 0. The maximum atomic E-state index is 13.2. The van der Waals surface area contributed by atoms with Crippen molar-refractivity contribution in [2.45, 2.75) is 6.92 Å². The molecule has 0 unspecified atom stereocenters. The number of hydrogen-bond donors (Lipinski definition) is 1. The Morgan fingerprint density at radius 2 is 2.21 bits per heavy atom. The Kier molecular flexibility index (Phi) is 1.90. The summed E-state index contributed by atoms with van der Waals surface area (Å²) in [6.07, 6.45) is 0. The van der Waals surface area contributed by atoms with E-state index in [0.29, 0.717) is 21.5 Å². The number of nitriles is 1. The van der Waals surface area contributed by atoms with Crippen LogP contribution >= 0.6 is 11.3 Å². The number of thiophene rings is 1. The lowest BCUT2D eigenvalue weighted by atomic mass is 10.1. The normalized spacial score (nSPS) is 10.4. The van der Waals surface area contributed by atoms with Gasteiger partial charge in [0.1, 0.15) is 16.9 Å². The first-order chi connectivity index (χ1) is 6.63. The molecule has 1 aromatic heterocycles. The highest BCUT2D eigenvalue weighted by Gasteiger charge is 2.11. The summed E-state index contributed by atoms with van der Waals surface area (Å²) < 4.78 is 14.1. The zero-order valence-corrected chi connectivity index (χ0v) is 8.28. The van der Waals surface area contributed by atoms with Gasteiger partial charge in [-0.3, -0.25) is 0 Å². The smallest absolute Gasteiger partial charge is 0.126 e. The van der Waals surface area contributed by atoms with Crippen LogP contribution in [0.15, 0.2) is 12.1 Å². The molecule has 1 heterocycles. The van der Waals surface area contributed by atoms with Gasteiger partial charge >= 0.3 is 0 Å². The van der Waals surface area contributed by atoms with E-state index in [2.05, 4.69) is 0 Å². The molecule has 0 fully saturated rings. The molecule has 0 aliphatic carbocycles. The lowest BCUT2D eigenvalue weighted by Crippen LogP contribution is -1.84. The van der Waals surface area contributed by atoms with Crippen LogP contribution in [-0.4, -0.2) is 0 Å². The van der Waals surface area contributed by atoms with Crippen LogP contribution in [0, 0.1) is 24.1 Å². The lowest BCUT2D eigenvalue weighted by molar-refractivity contribution is 0.620. The second-order valence-corrected chi connectivity index (χ2v) is 4.13. The Bertz CT molecular complexity index is 551. The van der Waals surface area contributed by atoms with Gasteiger partial charge in [0.05, 0.1) is 5.56 Å². The van der Waals surface area contributed by atoms with Crippen molar-refractivity contribution in [3.05, 3.63) is 29.1 Å². The highest BCUT2D eigenvalue weighted by molar-refractivity contribution is 7.23. The standard InChI is InChI=1S/C10H7FN2S/c1-5-2-9-6(3-8(5)11)7(4-12)10(13)14-9/h2-3H,13H2,1H3. The van der Waals surface area contributed by atoms with Crippen LogP contribution in [0.4, 0.5) is 9.39 Å². The molecule has 0 amide bonds. The number of anilines is 1. The topological polar surface area (TPSA) is 49.8 Å². The van der Waals surface area contributed by atoms with Crippen molar-refractivity contribution in [2.75, 3.05) is 5.73 Å². The van der Waals surface area contributed by atoms with Crippen molar-refractivity contribution in [3.8, 4) is 6.07 Å². The molecule has 0 spiro atoms. The second kappa shape index (κ2) is 2.96. The van der Waals surface area contributed by atoms with Gasteiger partial charge < -0.3 is 5.73 Å². The maximum absolute atomic E-state index is 13.2. The zero-order chi connectivity index (χ0) is 10.3. The fourth-order valence-corrected chi connectivity index (χ4v) is 2.35. The fraction of sp³-hybridized carbons (Fsp3) is 0.100. The van der Waals surface area contributed by atoms with E-state index in [4.69, 9.17) is 11.0 Å². The Morgan fingerprint density at radius 1 is 1.50 bits per heavy atom. The van der Waals surface area contributed by atoms with Gasteiger partial charge in [0.15, 0.2) is 0 Å². The third kappa shape index (κ3) is 1.14. The Hall–Kier alpha value is -1.60. The van der Waals surface area contributed by atoms with Gasteiger partial charge in [-0.15, -0.1) is 11.3 Å². The first-order valence-electron chi connectivity index (χ1n) is 4.01. The van der Waals surface area contributed by atoms with Gasteiger partial charge in [-0.2, -0.15) is 5.26 Å². The molecular weight excluding hydrogens is 199 g/mol. The molecule has 2 nitrogen and oxygen atoms in total. The molecule has 0 radical (unpaired) electrons. The maximum Gasteiger partial charge on any atom is 0.126 e. The molecule has 0 aliphatic heterocycles. The van der Waals surface area contributed by atoms with E-state index in [1.54, 1.807) is 13.0 Å². The van der Waals surface area contributed by atoms with Crippen LogP contribution < -0.4 is 5.73 Å². The second-order valence-electron chi connectivity index (χ2n) is 3.05. The minimum absolute atomic E-state index is 0.299. The van der Waals surface area contributed by atoms with Crippen LogP contribution in [0.5, 0.6) is 0 Å². The van der Waals surface area contributed by atoms with Crippen molar-refractivity contribution in [2.24, 2.45) is 0 Å². The predicted molar refractivity (Wildman–Crippen MR) is 55.6 cm³/mol. The van der Waals surface area contributed by atoms with Gasteiger partial charge in [-0.25, -0.2) is 4.39 Å². The van der Waals surface area contributed by atoms with Crippen LogP contribution in [0.1, 0.15) is 11.1 Å². The summed E-state index contributed by atoms with van der Waals surface area (Å²) in [7, 11) is 0. The summed E-state index contributed by atoms with van der Waals surface area (Å²) in [4.78, 5) is 0. The Balaban J connectivity index is 2.91. The third-order valence-electron chi connectivity index (χ3n) is 2.11. The summed E-state index contributed by atoms with van der Waals surface area (Å²) in [6, 6.07) is 5.07. The molecule has 2 aromatic rings. The minimum Gasteiger partial charge on any atom is -0.389 e. The van der Waals surface area contributed by atoms with E-state index < -0.39 is 0 Å². The van der Waals surface area contributed by atoms with Gasteiger partial charge in [0.25, 0.3) is 0 Å². The summed E-state index contributed by atoms with van der Waals surface area (Å²) in [5.41, 5.74) is 6.59. The summed E-state index contributed by atoms with van der Waals surface area (Å²) >= 11 is 1.31. The molecular formula is C10H7FN2S. The van der Waals surface area contributed by atoms with Crippen molar-refractivity contribution in [1.29, 1.82) is 5.26 Å². The van der Waals surface area contributed by atoms with E-state index in [0.717, 1.165) is 4.70 Å². The van der Waals surface area contributed by atoms with Gasteiger partial charge in [0.2, 0.25) is 0 Å². The van der Waals surface area contributed by atoms with E-state index in [1.807, 2.05) is 6.07 Å². The molecule has 0 saturated carbocycles. The van der Waals surface area contributed by atoms with Crippen molar-refractivity contribution >= 4 is 26.4 Å². The molecule has 2 N–H and O–H groups in total. The van der Waals surface area contributed by atoms with Gasteiger partial charge in [-0.05, 0) is 24.6 Å². The van der Waals surface area contributed by atoms with E-state index >= 15 is 0 Å². The molecule has 0 atom stereocenters. The van der Waals surface area contributed by atoms with Crippen molar-refractivity contribution in [1.82, 2.24) is 0 Å². The largest absolute Gasteiger partial charge is 0.389 e. The highest BCUT2D eigenvalue weighted by Crippen LogP contribution is 2.34. The molecule has 0 aliphatic rings. The number of hydrogen-bond acceptors (Lipinski definition) is 3. The summed E-state index contributed by atoms with van der Waals surface area (Å²) in [5, 5.41) is 9.88. The van der Waals surface area contributed by atoms with Gasteiger partial charge in [0, 0.05) is 10.1 Å². The zero-order valence-electron chi connectivity index (χ0n) is 7.47. The molecule has 70 valence electrons. The Morgan fingerprint density at radius 3 is 2.86 bits per heavy atom. The number of benzene rings is 1. The van der Waals surface area contributed by atoms with Crippen LogP contribution in [-0.2, 0) is 0 Å². The van der Waals surface area contributed by atoms with Crippen LogP contribution in [0.25, 0.3) is 10.1 Å². The molecule has 4 heteroatoms. The molecule has 14 heavy (non-hydrogen) atoms. The lowest BCUT2D eigenvalue weighted by Gasteiger charge is -1.95. The SMILES string of the molecule is Cc1cc2sc(N)c(C#N)c2cc1F. The molecule has 1 aromatic carbocycles. The first kappa shape index (κ1) is 8.97. The van der Waals surface area contributed by atoms with Crippen LogP contribution in [0.2, 0.25) is 0 Å². The molecule has 0 saturated heterocycles. The van der Waals surface area contributed by atoms with Crippen molar-refractivity contribution < 1.29 is 4.39 Å². The summed E-state index contributed by atoms with van der Waals surface area (Å²) in [6.45, 7) is 1.69. The molecule has 0 bridgehead atoms. The summed E-state index contributed by atoms with van der Waals surface area (Å²) in [5.74, 6) is -0.299. The quantitative estimate of drug-likeness (QED) is 0.720. The Labute approximate surface area is 84.4 Å². The monoisotopic (exact) mass is 206 g/mol. The van der Waals surface area contributed by atoms with E-state index in [1.165, 1.54) is 17.4 Å². The number of nitrogens with two attached hydrogens (primary N) is 1. The fourth-order valence-electron chi connectivity index (χ4n) is 1.35. The number of halogens is 1. The first-order valence-corrected chi connectivity index (χ1v) is 4.83. The van der Waals surface area contributed by atoms with Gasteiger partial charge in [-0.1, -0.05) is 0 Å². The number of nitrogens with zero attached hydrogens (tertiary/aromatic N) is 1. The average Bonchev–Trinajstić information content (AvgIpc) is 2.42. The van der Waals surface area contributed by atoms with Crippen LogP contribution in [0.3, 0.4) is 0 Å². The number of fused-ring (bicyclic) bond motifs is 1. The minimum atomic E-state index is -0.299. The van der Waals surface area contributed by atoms with Crippen molar-refractivity contribution in [3.63, 3.8) is 0 Å². The number of aryl methyl sites for hydroxylation is 1. The van der Waals surface area contributed by atoms with E-state index in [9.17, 15) is 4.39 Å². The predicted octanol–water partition coefficient (Wildman–Crippen LogP) is 2.80. The third-order valence-corrected chi connectivity index (χ3v) is 3.09.